The molecule has 110 valence electrons. The first-order valence-corrected chi connectivity index (χ1v) is 7.45. The summed E-state index contributed by atoms with van der Waals surface area (Å²) in [6, 6.07) is 15.8. The van der Waals surface area contributed by atoms with Gasteiger partial charge in [-0.2, -0.15) is 0 Å². The van der Waals surface area contributed by atoms with E-state index in [4.69, 9.17) is 0 Å². The molecule has 3 aromatic rings. The van der Waals surface area contributed by atoms with Gasteiger partial charge in [0.05, 0.1) is 11.4 Å². The van der Waals surface area contributed by atoms with Gasteiger partial charge in [-0.1, -0.05) is 36.4 Å². The topological polar surface area (TPSA) is 51.0 Å². The minimum Gasteiger partial charge on any atom is -0.258 e. The van der Waals surface area contributed by atoms with E-state index < -0.39 is 0 Å². The van der Waals surface area contributed by atoms with E-state index in [0.29, 0.717) is 0 Å². The van der Waals surface area contributed by atoms with Crippen LogP contribution in [0.2, 0.25) is 0 Å². The SMILES string of the molecule is C1=C(c2cnc(-c3ccccc3)nc2)CC(c2ccccn2)=N1. The quantitative estimate of drug-likeness (QED) is 0.739. The van der Waals surface area contributed by atoms with Gasteiger partial charge in [-0.3, -0.25) is 9.98 Å². The van der Waals surface area contributed by atoms with Gasteiger partial charge in [-0.15, -0.1) is 0 Å². The molecular weight excluding hydrogens is 284 g/mol. The highest BCUT2D eigenvalue weighted by atomic mass is 14.9. The van der Waals surface area contributed by atoms with Crippen molar-refractivity contribution in [3.05, 3.63) is 84.6 Å². The highest BCUT2D eigenvalue weighted by Crippen LogP contribution is 2.25. The van der Waals surface area contributed by atoms with E-state index in [9.17, 15) is 0 Å². The lowest BCUT2D eigenvalue weighted by Crippen LogP contribution is -2.01. The number of hydrogen-bond donors (Lipinski definition) is 0. The molecule has 0 bridgehead atoms. The van der Waals surface area contributed by atoms with Crippen LogP contribution in [0.4, 0.5) is 0 Å². The maximum Gasteiger partial charge on any atom is 0.159 e. The van der Waals surface area contributed by atoms with E-state index in [1.54, 1.807) is 6.20 Å². The number of benzene rings is 1. The molecular formula is C19H14N4. The fourth-order valence-corrected chi connectivity index (χ4v) is 2.52. The number of aliphatic imine (C=N–C) groups is 1. The van der Waals surface area contributed by atoms with Crippen molar-refractivity contribution in [3.8, 4) is 11.4 Å². The number of aromatic nitrogens is 3. The van der Waals surface area contributed by atoms with Crippen LogP contribution in [0.5, 0.6) is 0 Å². The molecule has 0 saturated carbocycles. The molecule has 3 heterocycles. The monoisotopic (exact) mass is 298 g/mol. The third-order valence-corrected chi connectivity index (χ3v) is 3.75. The van der Waals surface area contributed by atoms with Crippen molar-refractivity contribution in [1.29, 1.82) is 0 Å². The summed E-state index contributed by atoms with van der Waals surface area (Å²) < 4.78 is 0. The van der Waals surface area contributed by atoms with Gasteiger partial charge in [0.15, 0.2) is 5.82 Å². The second-order valence-electron chi connectivity index (χ2n) is 5.28. The molecule has 1 aromatic carbocycles. The number of pyridine rings is 1. The van der Waals surface area contributed by atoms with Crippen molar-refractivity contribution < 1.29 is 0 Å². The van der Waals surface area contributed by atoms with Gasteiger partial charge in [0.1, 0.15) is 0 Å². The predicted octanol–water partition coefficient (Wildman–Crippen LogP) is 3.77. The van der Waals surface area contributed by atoms with Crippen LogP contribution < -0.4 is 0 Å². The molecule has 2 aromatic heterocycles. The number of hydrogen-bond acceptors (Lipinski definition) is 4. The Bertz CT molecular complexity index is 866. The molecule has 4 heteroatoms. The molecule has 0 saturated heterocycles. The minimum absolute atomic E-state index is 0.735. The number of rotatable bonds is 3. The summed E-state index contributed by atoms with van der Waals surface area (Å²) in [5, 5.41) is 0. The molecule has 0 atom stereocenters. The van der Waals surface area contributed by atoms with Crippen LogP contribution in [0.1, 0.15) is 17.7 Å². The Labute approximate surface area is 134 Å². The molecule has 4 nitrogen and oxygen atoms in total. The zero-order valence-corrected chi connectivity index (χ0v) is 12.4. The molecule has 23 heavy (non-hydrogen) atoms. The van der Waals surface area contributed by atoms with Crippen LogP contribution in [0.25, 0.3) is 17.0 Å². The molecule has 4 rings (SSSR count). The summed E-state index contributed by atoms with van der Waals surface area (Å²) in [4.78, 5) is 17.8. The van der Waals surface area contributed by atoms with Crippen LogP contribution in [0.3, 0.4) is 0 Å². The molecule has 0 amide bonds. The average molecular weight is 298 g/mol. The normalized spacial score (nSPS) is 13.6. The van der Waals surface area contributed by atoms with Crippen molar-refractivity contribution >= 4 is 11.3 Å². The highest BCUT2D eigenvalue weighted by molar-refractivity contribution is 6.07. The van der Waals surface area contributed by atoms with Crippen molar-refractivity contribution in [3.63, 3.8) is 0 Å². The summed E-state index contributed by atoms with van der Waals surface area (Å²) in [5.41, 5.74) is 5.03. The smallest absolute Gasteiger partial charge is 0.159 e. The minimum atomic E-state index is 0.735. The molecule has 0 spiro atoms. The lowest BCUT2D eigenvalue weighted by atomic mass is 10.0. The molecule has 0 radical (unpaired) electrons. The molecule has 0 unspecified atom stereocenters. The van der Waals surface area contributed by atoms with E-state index in [1.807, 2.05) is 67.1 Å². The van der Waals surface area contributed by atoms with E-state index in [2.05, 4.69) is 19.9 Å². The average Bonchev–Trinajstić information content (AvgIpc) is 3.14. The summed E-state index contributed by atoms with van der Waals surface area (Å²) in [6.45, 7) is 0. The Morgan fingerprint density at radius 3 is 2.26 bits per heavy atom. The second-order valence-corrected chi connectivity index (χ2v) is 5.28. The highest BCUT2D eigenvalue weighted by Gasteiger charge is 2.15. The van der Waals surface area contributed by atoms with Gasteiger partial charge < -0.3 is 0 Å². The Morgan fingerprint density at radius 2 is 1.52 bits per heavy atom. The van der Waals surface area contributed by atoms with E-state index in [-0.39, 0.29) is 0 Å². The summed E-state index contributed by atoms with van der Waals surface area (Å²) in [6.07, 6.45) is 8.14. The zero-order valence-electron chi connectivity index (χ0n) is 12.4. The van der Waals surface area contributed by atoms with Crippen LogP contribution in [0, 0.1) is 0 Å². The second kappa shape index (κ2) is 5.93. The van der Waals surface area contributed by atoms with Crippen LogP contribution >= 0.6 is 0 Å². The van der Waals surface area contributed by atoms with E-state index in [1.165, 1.54) is 0 Å². The zero-order chi connectivity index (χ0) is 15.5. The Balaban J connectivity index is 1.52. The third kappa shape index (κ3) is 2.79. The van der Waals surface area contributed by atoms with Gasteiger partial charge in [0.25, 0.3) is 0 Å². The fraction of sp³-hybridized carbons (Fsp3) is 0.0526. The van der Waals surface area contributed by atoms with Crippen LogP contribution in [0.15, 0.2) is 78.3 Å². The first-order chi connectivity index (χ1) is 11.4. The lowest BCUT2D eigenvalue weighted by molar-refractivity contribution is 1.16. The summed E-state index contributed by atoms with van der Waals surface area (Å²) in [7, 11) is 0. The summed E-state index contributed by atoms with van der Waals surface area (Å²) in [5.74, 6) is 0.735. The van der Waals surface area contributed by atoms with Gasteiger partial charge in [0.2, 0.25) is 0 Å². The number of nitrogens with zero attached hydrogens (tertiary/aromatic N) is 4. The molecule has 0 fully saturated rings. The molecule has 1 aliphatic rings. The van der Waals surface area contributed by atoms with Gasteiger partial charge in [-0.05, 0) is 17.7 Å². The van der Waals surface area contributed by atoms with Crippen LogP contribution in [-0.2, 0) is 0 Å². The Hall–Kier alpha value is -3.14. The van der Waals surface area contributed by atoms with Gasteiger partial charge >= 0.3 is 0 Å². The standard InChI is InChI=1S/C19H14N4/c1-2-6-14(7-3-1)19-22-12-16(13-23-19)15-10-18(21-11-15)17-8-4-5-9-20-17/h1-9,11-13H,10H2. The Kier molecular flexibility index (Phi) is 3.48. The van der Waals surface area contributed by atoms with E-state index in [0.717, 1.165) is 40.4 Å². The third-order valence-electron chi connectivity index (χ3n) is 3.75. The first kappa shape index (κ1) is 13.5. The van der Waals surface area contributed by atoms with Gasteiger partial charge in [0, 0.05) is 42.3 Å². The van der Waals surface area contributed by atoms with Gasteiger partial charge in [-0.25, -0.2) is 9.97 Å². The van der Waals surface area contributed by atoms with Crippen molar-refractivity contribution in [1.82, 2.24) is 15.0 Å². The van der Waals surface area contributed by atoms with E-state index >= 15 is 0 Å². The Morgan fingerprint density at radius 1 is 0.739 bits per heavy atom. The summed E-state index contributed by atoms with van der Waals surface area (Å²) >= 11 is 0. The number of allylic oxidation sites excluding steroid dienone is 1. The first-order valence-electron chi connectivity index (χ1n) is 7.45. The van der Waals surface area contributed by atoms with Crippen molar-refractivity contribution in [2.75, 3.05) is 0 Å². The largest absolute Gasteiger partial charge is 0.258 e. The lowest BCUT2D eigenvalue weighted by Gasteiger charge is -2.04. The maximum absolute atomic E-state index is 4.48. The predicted molar refractivity (Wildman–Crippen MR) is 90.8 cm³/mol. The van der Waals surface area contributed by atoms with Crippen molar-refractivity contribution in [2.45, 2.75) is 6.42 Å². The molecule has 0 aliphatic carbocycles. The molecule has 0 N–H and O–H groups in total. The van der Waals surface area contributed by atoms with Crippen LogP contribution in [-0.4, -0.2) is 20.7 Å². The van der Waals surface area contributed by atoms with Crippen molar-refractivity contribution in [2.24, 2.45) is 4.99 Å². The molecule has 1 aliphatic heterocycles. The fourth-order valence-electron chi connectivity index (χ4n) is 2.52. The maximum atomic E-state index is 4.48.